The average molecular weight is 235 g/mol. The van der Waals surface area contributed by atoms with Crippen molar-refractivity contribution in [1.29, 1.82) is 0 Å². The van der Waals surface area contributed by atoms with Crippen LogP contribution in [0, 0.1) is 0 Å². The first kappa shape index (κ1) is 13.7. The molecule has 0 unspecified atom stereocenters. The Labute approximate surface area is 103 Å². The molecule has 0 aliphatic carbocycles. The topological polar surface area (TPSA) is 40.5 Å². The van der Waals surface area contributed by atoms with Crippen molar-refractivity contribution in [3.05, 3.63) is 35.4 Å². The van der Waals surface area contributed by atoms with Gasteiger partial charge in [0, 0.05) is 13.0 Å². The lowest BCUT2D eigenvalue weighted by molar-refractivity contribution is -0.137. The predicted octanol–water partition coefficient (Wildman–Crippen LogP) is 2.55. The number of aliphatic carboxylic acids is 1. The summed E-state index contributed by atoms with van der Waals surface area (Å²) < 4.78 is 0. The average Bonchev–Trinajstić information content (AvgIpc) is 2.29. The van der Waals surface area contributed by atoms with Crippen molar-refractivity contribution in [1.82, 2.24) is 4.90 Å². The highest BCUT2D eigenvalue weighted by molar-refractivity contribution is 5.66. The van der Waals surface area contributed by atoms with Crippen LogP contribution in [-0.4, -0.2) is 29.6 Å². The number of carboxylic acids is 1. The second-order valence-corrected chi connectivity index (χ2v) is 4.36. The zero-order chi connectivity index (χ0) is 12.7. The van der Waals surface area contributed by atoms with Crippen molar-refractivity contribution >= 4 is 5.97 Å². The van der Waals surface area contributed by atoms with Gasteiger partial charge in [-0.05, 0) is 37.6 Å². The van der Waals surface area contributed by atoms with Crippen LogP contribution >= 0.6 is 0 Å². The lowest BCUT2D eigenvalue weighted by Gasteiger charge is -2.18. The van der Waals surface area contributed by atoms with E-state index in [-0.39, 0.29) is 6.42 Å². The molecular weight excluding hydrogens is 214 g/mol. The molecule has 0 aromatic heterocycles. The summed E-state index contributed by atoms with van der Waals surface area (Å²) in [6, 6.07) is 8.42. The lowest BCUT2D eigenvalue weighted by Crippen LogP contribution is -2.20. The molecule has 1 rings (SSSR count). The normalized spacial score (nSPS) is 10.8. The number of benzene rings is 1. The quantitative estimate of drug-likeness (QED) is 0.789. The number of carboxylic acid groups (broad SMARTS) is 1. The minimum atomic E-state index is -0.715. The Morgan fingerprint density at radius 2 is 1.94 bits per heavy atom. The van der Waals surface area contributed by atoms with Gasteiger partial charge in [-0.1, -0.05) is 31.2 Å². The van der Waals surface area contributed by atoms with E-state index in [0.717, 1.165) is 19.5 Å². The van der Waals surface area contributed by atoms with Gasteiger partial charge >= 0.3 is 5.97 Å². The first-order chi connectivity index (χ1) is 8.13. The number of aryl methyl sites for hydroxylation is 1. The van der Waals surface area contributed by atoms with Gasteiger partial charge < -0.3 is 10.0 Å². The molecule has 0 atom stereocenters. The fourth-order valence-electron chi connectivity index (χ4n) is 1.93. The van der Waals surface area contributed by atoms with E-state index in [1.54, 1.807) is 0 Å². The first-order valence-corrected chi connectivity index (χ1v) is 6.10. The molecule has 0 saturated carbocycles. The second kappa shape index (κ2) is 7.07. The number of nitrogens with zero attached hydrogens (tertiary/aromatic N) is 1. The summed E-state index contributed by atoms with van der Waals surface area (Å²) in [6.07, 6.45) is 2.00. The van der Waals surface area contributed by atoms with Gasteiger partial charge in [0.2, 0.25) is 0 Å². The van der Waals surface area contributed by atoms with Gasteiger partial charge in [0.15, 0.2) is 0 Å². The monoisotopic (exact) mass is 235 g/mol. The molecule has 0 saturated heterocycles. The summed E-state index contributed by atoms with van der Waals surface area (Å²) in [5.74, 6) is -0.715. The zero-order valence-electron chi connectivity index (χ0n) is 10.6. The Hall–Kier alpha value is -1.35. The van der Waals surface area contributed by atoms with Crippen LogP contribution in [-0.2, 0) is 17.8 Å². The standard InChI is InChI=1S/C14H21NO2/c1-3-12-7-4-5-8-13(12)11-15(2)10-6-9-14(16)17/h4-5,7-8H,3,6,9-11H2,1-2H3,(H,16,17). The van der Waals surface area contributed by atoms with Crippen molar-refractivity contribution in [3.8, 4) is 0 Å². The fourth-order valence-corrected chi connectivity index (χ4v) is 1.93. The van der Waals surface area contributed by atoms with Crippen LogP contribution in [0.5, 0.6) is 0 Å². The van der Waals surface area contributed by atoms with Crippen LogP contribution in [0.4, 0.5) is 0 Å². The maximum Gasteiger partial charge on any atom is 0.303 e. The second-order valence-electron chi connectivity index (χ2n) is 4.36. The molecule has 1 aromatic carbocycles. The highest BCUT2D eigenvalue weighted by Crippen LogP contribution is 2.11. The van der Waals surface area contributed by atoms with E-state index in [1.165, 1.54) is 11.1 Å². The summed E-state index contributed by atoms with van der Waals surface area (Å²) in [4.78, 5) is 12.6. The van der Waals surface area contributed by atoms with Gasteiger partial charge in [0.25, 0.3) is 0 Å². The van der Waals surface area contributed by atoms with Crippen molar-refractivity contribution in [2.24, 2.45) is 0 Å². The summed E-state index contributed by atoms with van der Waals surface area (Å²) in [7, 11) is 2.04. The Bertz CT molecular complexity index is 363. The summed E-state index contributed by atoms with van der Waals surface area (Å²) in [5.41, 5.74) is 2.71. The Morgan fingerprint density at radius 1 is 1.29 bits per heavy atom. The van der Waals surface area contributed by atoms with Gasteiger partial charge in [-0.3, -0.25) is 4.79 Å². The van der Waals surface area contributed by atoms with Gasteiger partial charge in [0.1, 0.15) is 0 Å². The van der Waals surface area contributed by atoms with Crippen LogP contribution in [0.3, 0.4) is 0 Å². The Morgan fingerprint density at radius 3 is 2.53 bits per heavy atom. The van der Waals surface area contributed by atoms with Crippen LogP contribution in [0.15, 0.2) is 24.3 Å². The molecule has 17 heavy (non-hydrogen) atoms. The van der Waals surface area contributed by atoms with Crippen LogP contribution in [0.2, 0.25) is 0 Å². The molecule has 0 amide bonds. The van der Waals surface area contributed by atoms with E-state index in [4.69, 9.17) is 5.11 Å². The van der Waals surface area contributed by atoms with E-state index >= 15 is 0 Å². The molecule has 0 bridgehead atoms. The third-order valence-electron chi connectivity index (χ3n) is 2.87. The number of carbonyl (C=O) groups is 1. The molecule has 94 valence electrons. The molecule has 0 spiro atoms. The third-order valence-corrected chi connectivity index (χ3v) is 2.87. The van der Waals surface area contributed by atoms with E-state index in [0.29, 0.717) is 6.42 Å². The molecule has 3 heteroatoms. The molecule has 1 N–H and O–H groups in total. The molecule has 0 aliphatic heterocycles. The van der Waals surface area contributed by atoms with Gasteiger partial charge in [-0.25, -0.2) is 0 Å². The Balaban J connectivity index is 2.44. The third kappa shape index (κ3) is 5.00. The lowest BCUT2D eigenvalue weighted by atomic mass is 10.1. The van der Waals surface area contributed by atoms with E-state index in [2.05, 4.69) is 36.1 Å². The number of hydrogen-bond acceptors (Lipinski definition) is 2. The maximum atomic E-state index is 10.4. The van der Waals surface area contributed by atoms with Crippen molar-refractivity contribution in [2.75, 3.05) is 13.6 Å². The summed E-state index contributed by atoms with van der Waals surface area (Å²) >= 11 is 0. The maximum absolute atomic E-state index is 10.4. The van der Waals surface area contributed by atoms with Crippen molar-refractivity contribution < 1.29 is 9.90 Å². The largest absolute Gasteiger partial charge is 0.481 e. The molecule has 0 fully saturated rings. The molecular formula is C14H21NO2. The molecule has 0 heterocycles. The van der Waals surface area contributed by atoms with E-state index in [9.17, 15) is 4.79 Å². The Kier molecular flexibility index (Phi) is 5.70. The van der Waals surface area contributed by atoms with Crippen LogP contribution in [0.1, 0.15) is 30.9 Å². The first-order valence-electron chi connectivity index (χ1n) is 6.10. The number of hydrogen-bond donors (Lipinski definition) is 1. The zero-order valence-corrected chi connectivity index (χ0v) is 10.6. The predicted molar refractivity (Wildman–Crippen MR) is 69.0 cm³/mol. The molecule has 0 radical (unpaired) electrons. The minimum absolute atomic E-state index is 0.250. The van der Waals surface area contributed by atoms with E-state index in [1.807, 2.05) is 7.05 Å². The molecule has 1 aromatic rings. The summed E-state index contributed by atoms with van der Waals surface area (Å²) in [5, 5.41) is 8.58. The highest BCUT2D eigenvalue weighted by atomic mass is 16.4. The minimum Gasteiger partial charge on any atom is -0.481 e. The van der Waals surface area contributed by atoms with Gasteiger partial charge in [-0.15, -0.1) is 0 Å². The fraction of sp³-hybridized carbons (Fsp3) is 0.500. The smallest absolute Gasteiger partial charge is 0.303 e. The molecule has 0 aliphatic rings. The van der Waals surface area contributed by atoms with Gasteiger partial charge in [-0.2, -0.15) is 0 Å². The van der Waals surface area contributed by atoms with E-state index < -0.39 is 5.97 Å². The van der Waals surface area contributed by atoms with Crippen LogP contribution < -0.4 is 0 Å². The van der Waals surface area contributed by atoms with Crippen molar-refractivity contribution in [3.63, 3.8) is 0 Å². The van der Waals surface area contributed by atoms with Gasteiger partial charge in [0.05, 0.1) is 0 Å². The molecule has 3 nitrogen and oxygen atoms in total. The van der Waals surface area contributed by atoms with Crippen molar-refractivity contribution in [2.45, 2.75) is 32.7 Å². The number of rotatable bonds is 7. The SMILES string of the molecule is CCc1ccccc1CN(C)CCCC(=O)O. The summed E-state index contributed by atoms with van der Waals surface area (Å²) in [6.45, 7) is 3.87. The van der Waals surface area contributed by atoms with Crippen LogP contribution in [0.25, 0.3) is 0 Å². The highest BCUT2D eigenvalue weighted by Gasteiger charge is 2.05.